The SMILES string of the molecule is Cn1cc[n+](C)c1COc1ccc(/C=N\NC=NN)cc1. The van der Waals surface area contributed by atoms with E-state index in [1.165, 1.54) is 6.34 Å². The fraction of sp³-hybridized carbons (Fsp3) is 0.214. The van der Waals surface area contributed by atoms with Gasteiger partial charge in [-0.1, -0.05) is 0 Å². The highest BCUT2D eigenvalue weighted by atomic mass is 16.5. The van der Waals surface area contributed by atoms with Gasteiger partial charge in [0.15, 0.2) is 6.61 Å². The van der Waals surface area contributed by atoms with E-state index in [0.717, 1.165) is 17.1 Å². The molecule has 1 aromatic carbocycles. The Hall–Kier alpha value is -2.83. The molecular weight excluding hydrogens is 268 g/mol. The van der Waals surface area contributed by atoms with Crippen molar-refractivity contribution in [2.45, 2.75) is 6.61 Å². The lowest BCUT2D eigenvalue weighted by molar-refractivity contribution is -0.680. The van der Waals surface area contributed by atoms with Crippen molar-refractivity contribution in [3.63, 3.8) is 0 Å². The minimum Gasteiger partial charge on any atom is -0.481 e. The van der Waals surface area contributed by atoms with Gasteiger partial charge in [0, 0.05) is 0 Å². The number of ether oxygens (including phenoxy) is 1. The van der Waals surface area contributed by atoms with E-state index in [1.807, 2.05) is 59.9 Å². The maximum absolute atomic E-state index is 5.77. The smallest absolute Gasteiger partial charge is 0.294 e. The first kappa shape index (κ1) is 14.6. The highest BCUT2D eigenvalue weighted by Crippen LogP contribution is 2.12. The van der Waals surface area contributed by atoms with E-state index in [4.69, 9.17) is 10.6 Å². The molecule has 0 fully saturated rings. The van der Waals surface area contributed by atoms with E-state index in [2.05, 4.69) is 15.6 Å². The number of imidazole rings is 1. The van der Waals surface area contributed by atoms with Crippen molar-refractivity contribution >= 4 is 12.6 Å². The van der Waals surface area contributed by atoms with Crippen LogP contribution in [0.5, 0.6) is 5.75 Å². The predicted octanol–water partition coefficient (Wildman–Crippen LogP) is 0.254. The monoisotopic (exact) mass is 287 g/mol. The summed E-state index contributed by atoms with van der Waals surface area (Å²) in [5.74, 6) is 6.83. The number of rotatable bonds is 6. The Labute approximate surface area is 123 Å². The van der Waals surface area contributed by atoms with Gasteiger partial charge >= 0.3 is 0 Å². The topological polar surface area (TPSA) is 80.8 Å². The number of aryl methyl sites for hydroxylation is 2. The van der Waals surface area contributed by atoms with Gasteiger partial charge in [-0.15, -0.1) is 0 Å². The second kappa shape index (κ2) is 7.09. The Bertz CT molecular complexity index is 610. The van der Waals surface area contributed by atoms with Crippen LogP contribution in [-0.2, 0) is 20.7 Å². The first-order valence-electron chi connectivity index (χ1n) is 6.43. The van der Waals surface area contributed by atoms with Gasteiger partial charge in [0.25, 0.3) is 5.82 Å². The third kappa shape index (κ3) is 4.07. The summed E-state index contributed by atoms with van der Waals surface area (Å²) in [7, 11) is 3.99. The van der Waals surface area contributed by atoms with Crippen LogP contribution >= 0.6 is 0 Å². The third-order valence-corrected chi connectivity index (χ3v) is 3.00. The number of nitrogens with two attached hydrogens (primary N) is 1. The summed E-state index contributed by atoms with van der Waals surface area (Å²) in [6.07, 6.45) is 6.96. The molecule has 1 aromatic heterocycles. The van der Waals surface area contributed by atoms with Gasteiger partial charge < -0.3 is 10.6 Å². The third-order valence-electron chi connectivity index (χ3n) is 3.00. The molecule has 0 aliphatic rings. The molecule has 7 heteroatoms. The number of nitrogens with zero attached hydrogens (tertiary/aromatic N) is 4. The van der Waals surface area contributed by atoms with Gasteiger partial charge in [0.2, 0.25) is 0 Å². The molecule has 0 saturated heterocycles. The van der Waals surface area contributed by atoms with Crippen molar-refractivity contribution in [3.05, 3.63) is 48.0 Å². The van der Waals surface area contributed by atoms with Crippen molar-refractivity contribution in [2.75, 3.05) is 0 Å². The molecule has 0 saturated carbocycles. The van der Waals surface area contributed by atoms with Gasteiger partial charge in [-0.2, -0.15) is 10.2 Å². The Morgan fingerprint density at radius 2 is 2.14 bits per heavy atom. The predicted molar refractivity (Wildman–Crippen MR) is 80.8 cm³/mol. The minimum atomic E-state index is 0.516. The van der Waals surface area contributed by atoms with Crippen molar-refractivity contribution in [1.82, 2.24) is 9.99 Å². The minimum absolute atomic E-state index is 0.516. The first-order chi connectivity index (χ1) is 10.2. The molecule has 110 valence electrons. The first-order valence-corrected chi connectivity index (χ1v) is 6.43. The lowest BCUT2D eigenvalue weighted by atomic mass is 10.2. The number of hydrogen-bond acceptors (Lipinski definition) is 4. The number of aromatic nitrogens is 2. The zero-order chi connectivity index (χ0) is 15.1. The highest BCUT2D eigenvalue weighted by Gasteiger charge is 2.11. The summed E-state index contributed by atoms with van der Waals surface area (Å²) < 4.78 is 9.84. The van der Waals surface area contributed by atoms with E-state index in [9.17, 15) is 0 Å². The average molecular weight is 287 g/mol. The van der Waals surface area contributed by atoms with Gasteiger partial charge in [-0.05, 0) is 29.8 Å². The quantitative estimate of drug-likeness (QED) is 0.263. The number of nitrogens with one attached hydrogen (secondary N) is 1. The second-order valence-corrected chi connectivity index (χ2v) is 4.46. The Kier molecular flexibility index (Phi) is 4.92. The maximum Gasteiger partial charge on any atom is 0.294 e. The summed E-state index contributed by atoms with van der Waals surface area (Å²) >= 11 is 0. The van der Waals surface area contributed by atoms with E-state index < -0.39 is 0 Å². The summed E-state index contributed by atoms with van der Waals surface area (Å²) in [5, 5.41) is 7.19. The van der Waals surface area contributed by atoms with Crippen molar-refractivity contribution in [3.8, 4) is 5.75 Å². The lowest BCUT2D eigenvalue weighted by Crippen LogP contribution is -2.32. The molecule has 21 heavy (non-hydrogen) atoms. The van der Waals surface area contributed by atoms with Gasteiger partial charge in [-0.3, -0.25) is 5.43 Å². The molecule has 0 spiro atoms. The standard InChI is InChI=1S/C14H19N6O/c1-19-7-8-20(2)14(19)10-21-13-5-3-12(4-6-13)9-17-18-11-16-15/h3-9,11H,10,15H2,1-2H3,(H,16,18)/q+1/b17-9-. The molecule has 0 amide bonds. The molecule has 0 bridgehead atoms. The Balaban J connectivity index is 1.92. The van der Waals surface area contributed by atoms with Crippen LogP contribution in [0.2, 0.25) is 0 Å². The van der Waals surface area contributed by atoms with E-state index in [1.54, 1.807) is 6.21 Å². The summed E-state index contributed by atoms with van der Waals surface area (Å²) in [6.45, 7) is 0.516. The molecule has 0 aliphatic carbocycles. The summed E-state index contributed by atoms with van der Waals surface area (Å²) in [6, 6.07) is 7.65. The zero-order valence-electron chi connectivity index (χ0n) is 12.1. The van der Waals surface area contributed by atoms with Gasteiger partial charge in [0.05, 0.1) is 20.3 Å². The lowest BCUT2D eigenvalue weighted by Gasteiger charge is -2.04. The normalized spacial score (nSPS) is 11.3. The molecule has 2 rings (SSSR count). The van der Waals surface area contributed by atoms with Crippen molar-refractivity contribution in [1.29, 1.82) is 0 Å². The van der Waals surface area contributed by atoms with Crippen LogP contribution in [0.25, 0.3) is 0 Å². The highest BCUT2D eigenvalue weighted by molar-refractivity contribution is 5.80. The van der Waals surface area contributed by atoms with Gasteiger partial charge in [-0.25, -0.2) is 9.13 Å². The molecule has 3 N–H and O–H groups in total. The fourth-order valence-corrected chi connectivity index (χ4v) is 1.80. The summed E-state index contributed by atoms with van der Waals surface area (Å²) in [5.41, 5.74) is 3.52. The number of hydrazone groups is 2. The van der Waals surface area contributed by atoms with Crippen molar-refractivity contribution < 1.29 is 9.30 Å². The van der Waals surface area contributed by atoms with Crippen LogP contribution < -0.4 is 20.6 Å². The van der Waals surface area contributed by atoms with E-state index in [0.29, 0.717) is 6.61 Å². The van der Waals surface area contributed by atoms with Crippen LogP contribution in [-0.4, -0.2) is 17.1 Å². The molecule has 2 aromatic rings. The van der Waals surface area contributed by atoms with Crippen molar-refractivity contribution in [2.24, 2.45) is 30.1 Å². The second-order valence-electron chi connectivity index (χ2n) is 4.46. The summed E-state index contributed by atoms with van der Waals surface area (Å²) in [4.78, 5) is 0. The van der Waals surface area contributed by atoms with Gasteiger partial charge in [0.1, 0.15) is 24.5 Å². The van der Waals surface area contributed by atoms with Crippen LogP contribution in [0.1, 0.15) is 11.4 Å². The number of benzene rings is 1. The van der Waals surface area contributed by atoms with E-state index in [-0.39, 0.29) is 0 Å². The largest absolute Gasteiger partial charge is 0.481 e. The molecular formula is C14H19N6O+. The Morgan fingerprint density at radius 3 is 2.76 bits per heavy atom. The van der Waals surface area contributed by atoms with E-state index >= 15 is 0 Å². The molecule has 0 unspecified atom stereocenters. The zero-order valence-corrected chi connectivity index (χ0v) is 12.1. The van der Waals surface area contributed by atoms with Crippen LogP contribution in [0.4, 0.5) is 0 Å². The molecule has 0 radical (unpaired) electrons. The average Bonchev–Trinajstić information content (AvgIpc) is 2.82. The molecule has 0 atom stereocenters. The maximum atomic E-state index is 5.77. The van der Waals surface area contributed by atoms with Crippen LogP contribution in [0.15, 0.2) is 46.9 Å². The molecule has 0 aliphatic heterocycles. The van der Waals surface area contributed by atoms with Crippen LogP contribution in [0.3, 0.4) is 0 Å². The number of hydrogen-bond donors (Lipinski definition) is 2. The Morgan fingerprint density at radius 1 is 1.38 bits per heavy atom. The fourth-order valence-electron chi connectivity index (χ4n) is 1.80. The molecule has 7 nitrogen and oxygen atoms in total. The van der Waals surface area contributed by atoms with Crippen LogP contribution in [0, 0.1) is 0 Å². The molecule has 1 heterocycles.